The molecule has 0 radical (unpaired) electrons. The third-order valence-electron chi connectivity index (χ3n) is 4.17. The summed E-state index contributed by atoms with van der Waals surface area (Å²) in [6.07, 6.45) is 4.02. The van der Waals surface area contributed by atoms with Crippen molar-refractivity contribution in [2.75, 3.05) is 0 Å². The van der Waals surface area contributed by atoms with E-state index < -0.39 is 0 Å². The van der Waals surface area contributed by atoms with E-state index in [2.05, 4.69) is 15.2 Å². The second-order valence-electron chi connectivity index (χ2n) is 6.06. The number of aromatic nitrogens is 4. The summed E-state index contributed by atoms with van der Waals surface area (Å²) in [5, 5.41) is 8.56. The van der Waals surface area contributed by atoms with Crippen LogP contribution >= 0.6 is 11.8 Å². The molecule has 1 fully saturated rings. The van der Waals surface area contributed by atoms with Crippen molar-refractivity contribution in [2.24, 2.45) is 0 Å². The molecule has 1 unspecified atom stereocenters. The number of Topliss-reactive ketones (excluding diaryl/α,β-unsaturated/α-hetero) is 2. The number of hydrogen-bond acceptors (Lipinski definition) is 5. The quantitative estimate of drug-likeness (QED) is 0.649. The fourth-order valence-corrected chi connectivity index (χ4v) is 3.81. The van der Waals surface area contributed by atoms with Gasteiger partial charge in [-0.1, -0.05) is 11.8 Å². The number of aromatic amines is 1. The number of rotatable bonds is 6. The van der Waals surface area contributed by atoms with Gasteiger partial charge in [-0.25, -0.2) is 0 Å². The smallest absolute Gasteiger partial charge is 0.192 e. The number of carbonyl (C=O) groups excluding carboxylic acids is 2. The van der Waals surface area contributed by atoms with Crippen LogP contribution in [0.1, 0.15) is 64.8 Å². The Bertz CT molecular complexity index is 773. The molecular formula is C16H20N4O2S. The molecule has 2 heterocycles. The number of thioether (sulfide) groups is 1. The van der Waals surface area contributed by atoms with Crippen LogP contribution in [-0.4, -0.2) is 36.6 Å². The Morgan fingerprint density at radius 2 is 2.09 bits per heavy atom. The summed E-state index contributed by atoms with van der Waals surface area (Å²) >= 11 is 1.42. The van der Waals surface area contributed by atoms with Gasteiger partial charge in [-0.2, -0.15) is 0 Å². The molecule has 6 nitrogen and oxygen atoms in total. The van der Waals surface area contributed by atoms with Gasteiger partial charge in [-0.3, -0.25) is 9.59 Å². The van der Waals surface area contributed by atoms with Crippen molar-refractivity contribution in [3.63, 3.8) is 0 Å². The zero-order chi connectivity index (χ0) is 16.7. The molecule has 0 spiro atoms. The van der Waals surface area contributed by atoms with Gasteiger partial charge in [-0.05, 0) is 46.1 Å². The summed E-state index contributed by atoms with van der Waals surface area (Å²) in [5.74, 6) is -0.0440. The SMILES string of the molecule is CC(=O)c1c(C)[nH]c(C(=O)C(C)Sc2nncn2C2CC2)c1C. The minimum absolute atomic E-state index is 0.0200. The van der Waals surface area contributed by atoms with E-state index in [9.17, 15) is 9.59 Å². The minimum Gasteiger partial charge on any atom is -0.355 e. The second-order valence-corrected chi connectivity index (χ2v) is 7.37. The van der Waals surface area contributed by atoms with E-state index in [0.29, 0.717) is 17.3 Å². The molecule has 0 aliphatic heterocycles. The lowest BCUT2D eigenvalue weighted by Gasteiger charge is -2.10. The van der Waals surface area contributed by atoms with E-state index in [-0.39, 0.29) is 16.8 Å². The topological polar surface area (TPSA) is 80.6 Å². The number of ketones is 2. The lowest BCUT2D eigenvalue weighted by Crippen LogP contribution is -2.16. The average molecular weight is 332 g/mol. The van der Waals surface area contributed by atoms with Crippen LogP contribution in [0.25, 0.3) is 0 Å². The summed E-state index contributed by atoms with van der Waals surface area (Å²) in [6.45, 7) is 7.02. The molecule has 1 N–H and O–H groups in total. The van der Waals surface area contributed by atoms with Crippen LogP contribution in [0.3, 0.4) is 0 Å². The zero-order valence-electron chi connectivity index (χ0n) is 13.7. The van der Waals surface area contributed by atoms with Crippen LogP contribution in [-0.2, 0) is 0 Å². The van der Waals surface area contributed by atoms with Crippen LogP contribution in [0.2, 0.25) is 0 Å². The molecular weight excluding hydrogens is 312 g/mol. The molecule has 2 aromatic rings. The van der Waals surface area contributed by atoms with E-state index in [1.807, 2.05) is 25.3 Å². The zero-order valence-corrected chi connectivity index (χ0v) is 14.5. The Kier molecular flexibility index (Phi) is 4.14. The summed E-state index contributed by atoms with van der Waals surface area (Å²) < 4.78 is 2.04. The van der Waals surface area contributed by atoms with Crippen molar-refractivity contribution in [3.05, 3.63) is 28.8 Å². The highest BCUT2D eigenvalue weighted by atomic mass is 32.2. The molecule has 23 heavy (non-hydrogen) atoms. The number of carbonyl (C=O) groups is 2. The largest absolute Gasteiger partial charge is 0.355 e. The Balaban J connectivity index is 1.81. The van der Waals surface area contributed by atoms with Crippen molar-refractivity contribution in [1.82, 2.24) is 19.7 Å². The predicted molar refractivity (Wildman–Crippen MR) is 88.2 cm³/mol. The van der Waals surface area contributed by atoms with Crippen LogP contribution in [0.15, 0.2) is 11.5 Å². The average Bonchev–Trinajstić information content (AvgIpc) is 3.15. The second kappa shape index (κ2) is 5.96. The van der Waals surface area contributed by atoms with E-state index in [4.69, 9.17) is 0 Å². The first-order valence-electron chi connectivity index (χ1n) is 7.70. The molecule has 1 saturated carbocycles. The van der Waals surface area contributed by atoms with Crippen LogP contribution < -0.4 is 0 Å². The molecule has 0 saturated heterocycles. The van der Waals surface area contributed by atoms with Crippen LogP contribution in [0, 0.1) is 13.8 Å². The maximum Gasteiger partial charge on any atom is 0.192 e. The Labute approximate surface area is 139 Å². The van der Waals surface area contributed by atoms with Crippen molar-refractivity contribution in [2.45, 2.75) is 57.0 Å². The van der Waals surface area contributed by atoms with E-state index in [0.717, 1.165) is 29.3 Å². The molecule has 1 atom stereocenters. The van der Waals surface area contributed by atoms with Gasteiger partial charge in [-0.15, -0.1) is 10.2 Å². The maximum atomic E-state index is 12.8. The summed E-state index contributed by atoms with van der Waals surface area (Å²) in [7, 11) is 0. The van der Waals surface area contributed by atoms with Crippen molar-refractivity contribution < 1.29 is 9.59 Å². The van der Waals surface area contributed by atoms with Gasteiger partial charge in [0.2, 0.25) is 0 Å². The third-order valence-corrected chi connectivity index (χ3v) is 5.24. The molecule has 3 rings (SSSR count). The van der Waals surface area contributed by atoms with Gasteiger partial charge in [0.25, 0.3) is 0 Å². The van der Waals surface area contributed by atoms with Crippen molar-refractivity contribution >= 4 is 23.3 Å². The standard InChI is InChI=1S/C16H20N4O2S/c1-8-13(10(3)21)9(2)18-14(8)15(22)11(4)23-16-19-17-7-20(16)12-5-6-12/h7,11-12,18H,5-6H2,1-4H3. The van der Waals surface area contributed by atoms with Gasteiger partial charge in [0.15, 0.2) is 16.7 Å². The van der Waals surface area contributed by atoms with E-state index in [1.54, 1.807) is 6.33 Å². The molecule has 0 amide bonds. The van der Waals surface area contributed by atoms with Crippen molar-refractivity contribution in [1.29, 1.82) is 0 Å². The number of aryl methyl sites for hydroxylation is 1. The number of H-pyrrole nitrogens is 1. The van der Waals surface area contributed by atoms with Gasteiger partial charge < -0.3 is 9.55 Å². The molecule has 122 valence electrons. The molecule has 0 bridgehead atoms. The molecule has 7 heteroatoms. The summed E-state index contributed by atoms with van der Waals surface area (Å²) in [5.41, 5.74) is 2.62. The minimum atomic E-state index is -0.298. The van der Waals surface area contributed by atoms with Gasteiger partial charge >= 0.3 is 0 Å². The fraction of sp³-hybridized carbons (Fsp3) is 0.500. The molecule has 2 aromatic heterocycles. The first-order valence-corrected chi connectivity index (χ1v) is 8.58. The van der Waals surface area contributed by atoms with Gasteiger partial charge in [0.1, 0.15) is 6.33 Å². The predicted octanol–water partition coefficient (Wildman–Crippen LogP) is 3.12. The Morgan fingerprint density at radius 1 is 1.39 bits per heavy atom. The number of hydrogen-bond donors (Lipinski definition) is 1. The van der Waals surface area contributed by atoms with E-state index >= 15 is 0 Å². The van der Waals surface area contributed by atoms with Crippen molar-refractivity contribution in [3.8, 4) is 0 Å². The number of nitrogens with one attached hydrogen (secondary N) is 1. The maximum absolute atomic E-state index is 12.8. The third kappa shape index (κ3) is 2.97. The van der Waals surface area contributed by atoms with Crippen LogP contribution in [0.5, 0.6) is 0 Å². The molecule has 0 aromatic carbocycles. The first kappa shape index (κ1) is 16.0. The first-order chi connectivity index (χ1) is 10.9. The molecule has 1 aliphatic carbocycles. The van der Waals surface area contributed by atoms with Crippen LogP contribution in [0.4, 0.5) is 0 Å². The highest BCUT2D eigenvalue weighted by Gasteiger charge is 2.29. The van der Waals surface area contributed by atoms with Gasteiger partial charge in [0.05, 0.1) is 10.9 Å². The van der Waals surface area contributed by atoms with Gasteiger partial charge in [0, 0.05) is 17.3 Å². The Hall–Kier alpha value is -1.89. The molecule has 1 aliphatic rings. The lowest BCUT2D eigenvalue weighted by atomic mass is 10.0. The normalized spacial score (nSPS) is 15.7. The monoisotopic (exact) mass is 332 g/mol. The summed E-state index contributed by atoms with van der Waals surface area (Å²) in [6, 6.07) is 0.480. The highest BCUT2D eigenvalue weighted by Crippen LogP contribution is 2.38. The lowest BCUT2D eigenvalue weighted by molar-refractivity contribution is 0.0988. The van der Waals surface area contributed by atoms with E-state index in [1.165, 1.54) is 18.7 Å². The Morgan fingerprint density at radius 3 is 2.65 bits per heavy atom. The summed E-state index contributed by atoms with van der Waals surface area (Å²) in [4.78, 5) is 27.6. The highest BCUT2D eigenvalue weighted by molar-refractivity contribution is 8.00. The fourth-order valence-electron chi connectivity index (χ4n) is 2.86. The number of nitrogens with zero attached hydrogens (tertiary/aromatic N) is 3.